The number of aromatic nitrogens is 2. The van der Waals surface area contributed by atoms with Crippen LogP contribution in [0, 0.1) is 11.3 Å². The van der Waals surface area contributed by atoms with E-state index in [4.69, 9.17) is 5.26 Å². The molecule has 0 amide bonds. The molecule has 0 spiro atoms. The predicted octanol–water partition coefficient (Wildman–Crippen LogP) is 2.63. The van der Waals surface area contributed by atoms with E-state index >= 15 is 0 Å². The Morgan fingerprint density at radius 1 is 1.47 bits per heavy atom. The van der Waals surface area contributed by atoms with Crippen LogP contribution in [0.1, 0.15) is 5.56 Å². The molecule has 0 saturated heterocycles. The number of fused-ring (bicyclic) bond motifs is 1. The van der Waals surface area contributed by atoms with E-state index in [9.17, 15) is 4.21 Å². The van der Waals surface area contributed by atoms with Gasteiger partial charge in [-0.15, -0.1) is 11.3 Å². The van der Waals surface area contributed by atoms with Crippen molar-refractivity contribution in [2.75, 3.05) is 4.72 Å². The summed E-state index contributed by atoms with van der Waals surface area (Å²) in [5.74, 6) is 0. The molecule has 5 nitrogen and oxygen atoms in total. The fourth-order valence-corrected chi connectivity index (χ4v) is 3.40. The van der Waals surface area contributed by atoms with E-state index in [1.165, 1.54) is 11.3 Å². The second kappa shape index (κ2) is 4.84. The van der Waals surface area contributed by atoms with E-state index < -0.39 is 11.0 Å². The average Bonchev–Trinajstić information content (AvgIpc) is 3.08. The minimum Gasteiger partial charge on any atom is -0.358 e. The van der Waals surface area contributed by atoms with E-state index in [2.05, 4.69) is 20.8 Å². The Morgan fingerprint density at radius 3 is 3.11 bits per heavy atom. The van der Waals surface area contributed by atoms with Crippen molar-refractivity contribution in [1.82, 2.24) is 9.97 Å². The molecule has 0 saturated carbocycles. The van der Waals surface area contributed by atoms with Gasteiger partial charge in [0.25, 0.3) is 0 Å². The zero-order valence-electron chi connectivity index (χ0n) is 9.58. The zero-order chi connectivity index (χ0) is 13.2. The standard InChI is InChI=1S/C12H8N4OS2/c13-4-8-5-14-12-9(8)2-1-3-10(12)16-19(17)11-6-18-7-15-11/h1-3,5-7,14,16H. The first-order chi connectivity index (χ1) is 9.29. The van der Waals surface area contributed by atoms with Crippen LogP contribution in [0.2, 0.25) is 0 Å². The highest BCUT2D eigenvalue weighted by Crippen LogP contribution is 2.26. The van der Waals surface area contributed by atoms with Crippen LogP contribution in [-0.2, 0) is 11.0 Å². The number of nitriles is 1. The summed E-state index contributed by atoms with van der Waals surface area (Å²) in [6.45, 7) is 0. The van der Waals surface area contributed by atoms with Crippen LogP contribution in [0.4, 0.5) is 5.69 Å². The molecule has 2 heterocycles. The van der Waals surface area contributed by atoms with E-state index in [0.29, 0.717) is 16.3 Å². The Morgan fingerprint density at radius 2 is 2.37 bits per heavy atom. The highest BCUT2D eigenvalue weighted by atomic mass is 32.2. The second-order valence-electron chi connectivity index (χ2n) is 3.74. The molecule has 0 aliphatic heterocycles. The summed E-state index contributed by atoms with van der Waals surface area (Å²) in [6, 6.07) is 7.59. The SMILES string of the molecule is N#Cc1c[nH]c2c(NS(=O)c3cscn3)cccc12. The lowest BCUT2D eigenvalue weighted by Gasteiger charge is -2.05. The van der Waals surface area contributed by atoms with Gasteiger partial charge in [0, 0.05) is 17.0 Å². The van der Waals surface area contributed by atoms with Crippen molar-refractivity contribution in [2.45, 2.75) is 5.03 Å². The summed E-state index contributed by atoms with van der Waals surface area (Å²) in [7, 11) is -1.41. The van der Waals surface area contributed by atoms with Gasteiger partial charge in [-0.1, -0.05) is 12.1 Å². The van der Waals surface area contributed by atoms with Gasteiger partial charge in [-0.2, -0.15) is 5.26 Å². The van der Waals surface area contributed by atoms with Crippen molar-refractivity contribution in [2.24, 2.45) is 0 Å². The quantitative estimate of drug-likeness (QED) is 0.777. The van der Waals surface area contributed by atoms with Crippen LogP contribution >= 0.6 is 11.3 Å². The lowest BCUT2D eigenvalue weighted by atomic mass is 10.2. The fraction of sp³-hybridized carbons (Fsp3) is 0. The van der Waals surface area contributed by atoms with Gasteiger partial charge >= 0.3 is 0 Å². The fourth-order valence-electron chi connectivity index (χ4n) is 1.78. The predicted molar refractivity (Wildman–Crippen MR) is 75.2 cm³/mol. The van der Waals surface area contributed by atoms with Crippen LogP contribution < -0.4 is 4.72 Å². The minimum absolute atomic E-state index is 0.495. The molecule has 0 aliphatic rings. The topological polar surface area (TPSA) is 81.6 Å². The van der Waals surface area contributed by atoms with Gasteiger partial charge in [0.2, 0.25) is 0 Å². The van der Waals surface area contributed by atoms with Gasteiger partial charge in [-0.05, 0) is 6.07 Å². The van der Waals surface area contributed by atoms with Gasteiger partial charge in [0.05, 0.1) is 22.3 Å². The Balaban J connectivity index is 2.00. The molecule has 0 aliphatic carbocycles. The number of H-pyrrole nitrogens is 1. The summed E-state index contributed by atoms with van der Waals surface area (Å²) < 4.78 is 15.0. The average molecular weight is 288 g/mol. The summed E-state index contributed by atoms with van der Waals surface area (Å²) >= 11 is 1.39. The number of anilines is 1. The highest BCUT2D eigenvalue weighted by molar-refractivity contribution is 7.86. The Hall–Kier alpha value is -2.17. The van der Waals surface area contributed by atoms with Gasteiger partial charge < -0.3 is 4.98 Å². The minimum atomic E-state index is -1.41. The van der Waals surface area contributed by atoms with Crippen molar-refractivity contribution in [3.63, 3.8) is 0 Å². The van der Waals surface area contributed by atoms with Crippen LogP contribution in [0.3, 0.4) is 0 Å². The molecule has 1 aromatic carbocycles. The number of nitrogens with zero attached hydrogens (tertiary/aromatic N) is 2. The maximum Gasteiger partial charge on any atom is 0.170 e. The van der Waals surface area contributed by atoms with Gasteiger partial charge in [-0.25, -0.2) is 9.19 Å². The molecule has 94 valence electrons. The van der Waals surface area contributed by atoms with E-state index in [1.54, 1.807) is 17.1 Å². The monoisotopic (exact) mass is 288 g/mol. The van der Waals surface area contributed by atoms with Crippen molar-refractivity contribution in [1.29, 1.82) is 5.26 Å². The molecule has 3 rings (SSSR count). The number of para-hydroxylation sites is 1. The van der Waals surface area contributed by atoms with Crippen molar-refractivity contribution in [3.05, 3.63) is 40.8 Å². The molecule has 3 aromatic rings. The molecular weight excluding hydrogens is 280 g/mol. The van der Waals surface area contributed by atoms with E-state index in [1.807, 2.05) is 18.2 Å². The summed E-state index contributed by atoms with van der Waals surface area (Å²) in [4.78, 5) is 7.03. The molecule has 0 fully saturated rings. The molecule has 1 atom stereocenters. The molecule has 19 heavy (non-hydrogen) atoms. The summed E-state index contributed by atoms with van der Waals surface area (Å²) in [5.41, 5.74) is 3.66. The summed E-state index contributed by atoms with van der Waals surface area (Å²) in [5, 5.41) is 12.0. The number of thiazole rings is 1. The first-order valence-electron chi connectivity index (χ1n) is 5.36. The number of aromatic amines is 1. The molecule has 0 radical (unpaired) electrons. The smallest absolute Gasteiger partial charge is 0.170 e. The maximum absolute atomic E-state index is 12.1. The van der Waals surface area contributed by atoms with Crippen molar-refractivity contribution < 1.29 is 4.21 Å². The molecule has 2 N–H and O–H groups in total. The zero-order valence-corrected chi connectivity index (χ0v) is 11.2. The molecule has 0 bridgehead atoms. The van der Waals surface area contributed by atoms with Crippen LogP contribution in [0.5, 0.6) is 0 Å². The largest absolute Gasteiger partial charge is 0.358 e. The van der Waals surface area contributed by atoms with Gasteiger partial charge in [-0.3, -0.25) is 4.72 Å². The summed E-state index contributed by atoms with van der Waals surface area (Å²) in [6.07, 6.45) is 1.64. The van der Waals surface area contributed by atoms with Crippen LogP contribution in [-0.4, -0.2) is 14.2 Å². The van der Waals surface area contributed by atoms with Crippen LogP contribution in [0.15, 0.2) is 40.3 Å². The lowest BCUT2D eigenvalue weighted by Crippen LogP contribution is -2.05. The second-order valence-corrected chi connectivity index (χ2v) is 5.62. The molecular formula is C12H8N4OS2. The van der Waals surface area contributed by atoms with Gasteiger partial charge in [0.1, 0.15) is 6.07 Å². The highest BCUT2D eigenvalue weighted by Gasteiger charge is 2.11. The maximum atomic E-state index is 12.1. The van der Waals surface area contributed by atoms with E-state index in [0.717, 1.165) is 10.9 Å². The lowest BCUT2D eigenvalue weighted by molar-refractivity contribution is 0.684. The molecule has 2 aromatic heterocycles. The third-order valence-corrected chi connectivity index (χ3v) is 4.38. The number of hydrogen-bond acceptors (Lipinski definition) is 4. The number of benzene rings is 1. The Labute approximate surface area is 115 Å². The Kier molecular flexibility index (Phi) is 3.03. The van der Waals surface area contributed by atoms with Crippen molar-refractivity contribution >= 4 is 38.9 Å². The number of rotatable bonds is 3. The van der Waals surface area contributed by atoms with Crippen LogP contribution in [0.25, 0.3) is 10.9 Å². The first-order valence-corrected chi connectivity index (χ1v) is 7.45. The molecule has 1 unspecified atom stereocenters. The number of nitrogens with one attached hydrogen (secondary N) is 2. The Bertz CT molecular complexity index is 786. The van der Waals surface area contributed by atoms with Crippen molar-refractivity contribution in [3.8, 4) is 6.07 Å². The normalized spacial score (nSPS) is 12.2. The van der Waals surface area contributed by atoms with Gasteiger partial charge in [0.15, 0.2) is 16.0 Å². The van der Waals surface area contributed by atoms with E-state index in [-0.39, 0.29) is 0 Å². The first kappa shape index (κ1) is 11.9. The third-order valence-electron chi connectivity index (χ3n) is 2.64. The third kappa shape index (κ3) is 2.12. The number of hydrogen-bond donors (Lipinski definition) is 2. The molecule has 7 heteroatoms.